The molecule has 0 saturated carbocycles. The fraction of sp³-hybridized carbons (Fsp3) is 0.450. The highest BCUT2D eigenvalue weighted by Gasteiger charge is 2.30. The van der Waals surface area contributed by atoms with Gasteiger partial charge in [0.05, 0.1) is 6.10 Å². The van der Waals surface area contributed by atoms with Gasteiger partial charge in [0.25, 0.3) is 0 Å². The molecule has 2 aliphatic carbocycles. The van der Waals surface area contributed by atoms with E-state index in [2.05, 4.69) is 154 Å². The number of rotatable bonds is 10. The van der Waals surface area contributed by atoms with E-state index in [0.717, 1.165) is 18.4 Å². The van der Waals surface area contributed by atoms with Crippen LogP contribution in [0.1, 0.15) is 101 Å². The predicted octanol–water partition coefficient (Wildman–Crippen LogP) is 11.6. The Morgan fingerprint density at radius 3 is 1.59 bits per heavy atom. The van der Waals surface area contributed by atoms with Gasteiger partial charge in [-0.25, -0.2) is 0 Å². The largest absolute Gasteiger partial charge is 0.389 e. The third kappa shape index (κ3) is 11.5. The van der Waals surface area contributed by atoms with Crippen molar-refractivity contribution in [2.45, 2.75) is 107 Å². The van der Waals surface area contributed by atoms with Crippen molar-refractivity contribution >= 4 is 0 Å². The SMILES string of the molecule is CC1=C(/C=C/C(C)=C/C=C/C(C)=C/C=C/C=C(C)/C=C/C=C(C)\C=C\C2=C(C)C(O)CCC2(C)C)C(C)(C)CCC1. The van der Waals surface area contributed by atoms with E-state index in [1.807, 2.05) is 0 Å². The Morgan fingerprint density at radius 2 is 1.07 bits per heavy atom. The summed E-state index contributed by atoms with van der Waals surface area (Å²) in [6.45, 7) is 22.1. The van der Waals surface area contributed by atoms with Crippen molar-refractivity contribution in [2.75, 3.05) is 0 Å². The van der Waals surface area contributed by atoms with Crippen LogP contribution >= 0.6 is 0 Å². The van der Waals surface area contributed by atoms with E-state index in [0.29, 0.717) is 0 Å². The minimum absolute atomic E-state index is 0.112. The highest BCUT2D eigenvalue weighted by molar-refractivity contribution is 5.39. The lowest BCUT2D eigenvalue weighted by Gasteiger charge is -2.35. The van der Waals surface area contributed by atoms with Crippen molar-refractivity contribution in [1.29, 1.82) is 0 Å². The predicted molar refractivity (Wildman–Crippen MR) is 183 cm³/mol. The number of aliphatic hydroxyl groups excluding tert-OH is 1. The monoisotopic (exact) mass is 552 g/mol. The van der Waals surface area contributed by atoms with E-state index in [1.54, 1.807) is 5.57 Å². The first kappa shape index (κ1) is 34.3. The lowest BCUT2D eigenvalue weighted by molar-refractivity contribution is 0.163. The molecule has 0 heterocycles. The molecular formula is C40H56O. The van der Waals surface area contributed by atoms with Crippen LogP contribution in [-0.2, 0) is 0 Å². The standard InChI is InChI=1S/C40H56O/c1-30(18-13-20-32(3)23-25-36-34(5)22-15-28-39(36,7)8)16-11-12-17-31(2)19-14-21-33(4)24-26-37-35(6)38(41)27-29-40(37,9)10/h11-14,16-21,23-26,38,41H,15,22,27-29H2,1-10H3/b12-11+,18-13+,19-14+,25-23+,26-24+,30-16+,31-17+,32-20+,33-21-. The fourth-order valence-electron chi connectivity index (χ4n) is 5.70. The van der Waals surface area contributed by atoms with Crippen LogP contribution in [0.3, 0.4) is 0 Å². The minimum atomic E-state index is -0.308. The van der Waals surface area contributed by atoms with Crippen molar-refractivity contribution in [2.24, 2.45) is 10.8 Å². The zero-order chi connectivity index (χ0) is 30.6. The first-order valence-electron chi connectivity index (χ1n) is 15.4. The molecule has 222 valence electrons. The van der Waals surface area contributed by atoms with Crippen molar-refractivity contribution in [1.82, 2.24) is 0 Å². The van der Waals surface area contributed by atoms with Crippen LogP contribution in [0.4, 0.5) is 0 Å². The normalized spacial score (nSPS) is 23.5. The Balaban J connectivity index is 1.90. The van der Waals surface area contributed by atoms with E-state index in [9.17, 15) is 5.11 Å². The van der Waals surface area contributed by atoms with Crippen LogP contribution < -0.4 is 0 Å². The molecule has 1 unspecified atom stereocenters. The van der Waals surface area contributed by atoms with Gasteiger partial charge in [-0.15, -0.1) is 0 Å². The van der Waals surface area contributed by atoms with Crippen LogP contribution in [0, 0.1) is 10.8 Å². The average Bonchev–Trinajstić information content (AvgIpc) is 2.88. The van der Waals surface area contributed by atoms with Crippen molar-refractivity contribution < 1.29 is 5.11 Å². The summed E-state index contributed by atoms with van der Waals surface area (Å²) >= 11 is 0. The van der Waals surface area contributed by atoms with Gasteiger partial charge in [-0.2, -0.15) is 0 Å². The molecular weight excluding hydrogens is 496 g/mol. The van der Waals surface area contributed by atoms with Crippen molar-refractivity contribution in [3.8, 4) is 0 Å². The van der Waals surface area contributed by atoms with E-state index in [4.69, 9.17) is 0 Å². The summed E-state index contributed by atoms with van der Waals surface area (Å²) in [6, 6.07) is 0. The minimum Gasteiger partial charge on any atom is -0.389 e. The van der Waals surface area contributed by atoms with E-state index in [1.165, 1.54) is 52.7 Å². The summed E-state index contributed by atoms with van der Waals surface area (Å²) in [6.07, 6.45) is 35.6. The Morgan fingerprint density at radius 1 is 0.634 bits per heavy atom. The molecule has 0 aromatic rings. The van der Waals surface area contributed by atoms with Gasteiger partial charge in [-0.05, 0) is 101 Å². The number of allylic oxidation sites excluding steroid dienone is 21. The molecule has 0 aromatic carbocycles. The lowest BCUT2D eigenvalue weighted by atomic mass is 9.71. The van der Waals surface area contributed by atoms with Gasteiger partial charge in [0.2, 0.25) is 0 Å². The summed E-state index contributed by atoms with van der Waals surface area (Å²) in [5.41, 5.74) is 10.7. The molecule has 1 N–H and O–H groups in total. The highest BCUT2D eigenvalue weighted by atomic mass is 16.3. The summed E-state index contributed by atoms with van der Waals surface area (Å²) in [5, 5.41) is 10.3. The van der Waals surface area contributed by atoms with Crippen molar-refractivity contribution in [3.63, 3.8) is 0 Å². The number of hydrogen-bond donors (Lipinski definition) is 1. The van der Waals surface area contributed by atoms with Gasteiger partial charge in [0.15, 0.2) is 0 Å². The van der Waals surface area contributed by atoms with Gasteiger partial charge in [0, 0.05) is 0 Å². The molecule has 0 amide bonds. The first-order chi connectivity index (χ1) is 19.2. The third-order valence-corrected chi connectivity index (χ3v) is 8.53. The second-order valence-electron chi connectivity index (χ2n) is 13.4. The molecule has 1 atom stereocenters. The molecule has 1 nitrogen and oxygen atoms in total. The molecule has 0 bridgehead atoms. The molecule has 0 radical (unpaired) electrons. The second kappa shape index (κ2) is 15.9. The van der Waals surface area contributed by atoms with E-state index >= 15 is 0 Å². The summed E-state index contributed by atoms with van der Waals surface area (Å²) in [7, 11) is 0. The topological polar surface area (TPSA) is 20.2 Å². The van der Waals surface area contributed by atoms with Crippen LogP contribution in [-0.4, -0.2) is 11.2 Å². The molecule has 2 rings (SSSR count). The summed E-state index contributed by atoms with van der Waals surface area (Å²) < 4.78 is 0. The van der Waals surface area contributed by atoms with Gasteiger partial charge >= 0.3 is 0 Å². The van der Waals surface area contributed by atoms with E-state index < -0.39 is 0 Å². The highest BCUT2D eigenvalue weighted by Crippen LogP contribution is 2.41. The molecule has 2 aliphatic rings. The Kier molecular flexibility index (Phi) is 13.3. The maximum Gasteiger partial charge on any atom is 0.0753 e. The summed E-state index contributed by atoms with van der Waals surface area (Å²) in [5.74, 6) is 0. The molecule has 41 heavy (non-hydrogen) atoms. The van der Waals surface area contributed by atoms with E-state index in [-0.39, 0.29) is 16.9 Å². The first-order valence-corrected chi connectivity index (χ1v) is 15.4. The average molecular weight is 553 g/mol. The van der Waals surface area contributed by atoms with Crippen LogP contribution in [0.5, 0.6) is 0 Å². The second-order valence-corrected chi connectivity index (χ2v) is 13.4. The van der Waals surface area contributed by atoms with Crippen molar-refractivity contribution in [3.05, 3.63) is 130 Å². The molecule has 0 fully saturated rings. The number of hydrogen-bond acceptors (Lipinski definition) is 1. The van der Waals surface area contributed by atoms with Crippen LogP contribution in [0.25, 0.3) is 0 Å². The maximum atomic E-state index is 10.3. The number of aliphatic hydroxyl groups is 1. The Bertz CT molecular complexity index is 1250. The zero-order valence-corrected chi connectivity index (χ0v) is 27.6. The zero-order valence-electron chi connectivity index (χ0n) is 27.6. The van der Waals surface area contributed by atoms with Gasteiger partial charge in [-0.1, -0.05) is 141 Å². The fourth-order valence-corrected chi connectivity index (χ4v) is 5.70. The van der Waals surface area contributed by atoms with Crippen LogP contribution in [0.15, 0.2) is 130 Å². The molecule has 0 saturated heterocycles. The molecule has 0 aliphatic heterocycles. The smallest absolute Gasteiger partial charge is 0.0753 e. The maximum absolute atomic E-state index is 10.3. The van der Waals surface area contributed by atoms with Gasteiger partial charge in [-0.3, -0.25) is 0 Å². The van der Waals surface area contributed by atoms with Gasteiger partial charge < -0.3 is 5.11 Å². The third-order valence-electron chi connectivity index (χ3n) is 8.53. The lowest BCUT2D eigenvalue weighted by Crippen LogP contribution is -2.27. The van der Waals surface area contributed by atoms with Gasteiger partial charge in [0.1, 0.15) is 0 Å². The summed E-state index contributed by atoms with van der Waals surface area (Å²) in [4.78, 5) is 0. The molecule has 0 aromatic heterocycles. The Labute approximate surface area is 252 Å². The van der Waals surface area contributed by atoms with Crippen LogP contribution in [0.2, 0.25) is 0 Å². The molecule has 0 spiro atoms. The Hall–Kier alpha value is -2.90. The quantitative estimate of drug-likeness (QED) is 0.267. The molecule has 1 heteroatoms.